The quantitative estimate of drug-likeness (QED) is 0.614. The van der Waals surface area contributed by atoms with Crippen molar-refractivity contribution < 1.29 is 0 Å². The summed E-state index contributed by atoms with van der Waals surface area (Å²) in [6.07, 6.45) is 15.6. The van der Waals surface area contributed by atoms with E-state index in [9.17, 15) is 0 Å². The summed E-state index contributed by atoms with van der Waals surface area (Å²) in [5.41, 5.74) is 1.53. The number of hydrogen-bond donors (Lipinski definition) is 1. The van der Waals surface area contributed by atoms with Gasteiger partial charge < -0.3 is 5.32 Å². The predicted octanol–water partition coefficient (Wildman–Crippen LogP) is 2.63. The van der Waals surface area contributed by atoms with Crippen LogP contribution in [0.4, 0.5) is 0 Å². The topological polar surface area (TPSA) is 12.0 Å². The number of piperidine rings is 1. The Bertz CT molecular complexity index is 311. The summed E-state index contributed by atoms with van der Waals surface area (Å²) in [5.74, 6) is 2.32. The van der Waals surface area contributed by atoms with Crippen molar-refractivity contribution >= 4 is 0 Å². The Labute approximate surface area is 85.6 Å². The van der Waals surface area contributed by atoms with Crippen molar-refractivity contribution in [1.29, 1.82) is 0 Å². The molecule has 0 radical (unpaired) electrons. The van der Waals surface area contributed by atoms with Crippen LogP contribution in [0.15, 0.2) is 36.1 Å². The van der Waals surface area contributed by atoms with Crippen LogP contribution in [0.5, 0.6) is 0 Å². The summed E-state index contributed by atoms with van der Waals surface area (Å²) < 4.78 is 0. The zero-order valence-corrected chi connectivity index (χ0v) is 8.45. The van der Waals surface area contributed by atoms with Crippen LogP contribution in [0, 0.1) is 17.8 Å². The molecule has 0 spiro atoms. The Morgan fingerprint density at radius 3 is 3.14 bits per heavy atom. The SMILES string of the molecule is C1=CC2CC=C3NCCCC3C2C=C1. The van der Waals surface area contributed by atoms with Crippen LogP contribution in [0.2, 0.25) is 0 Å². The molecule has 3 rings (SSSR count). The first-order chi connectivity index (χ1) is 6.95. The van der Waals surface area contributed by atoms with Crippen LogP contribution in [0.3, 0.4) is 0 Å². The van der Waals surface area contributed by atoms with E-state index in [-0.39, 0.29) is 0 Å². The molecular formula is C13H17N. The fourth-order valence-corrected chi connectivity index (χ4v) is 3.07. The van der Waals surface area contributed by atoms with E-state index in [0.29, 0.717) is 0 Å². The van der Waals surface area contributed by atoms with Gasteiger partial charge in [0.25, 0.3) is 0 Å². The molecule has 3 atom stereocenters. The second kappa shape index (κ2) is 3.30. The van der Waals surface area contributed by atoms with Gasteiger partial charge in [0.15, 0.2) is 0 Å². The minimum Gasteiger partial charge on any atom is -0.388 e. The first kappa shape index (κ1) is 8.34. The highest BCUT2D eigenvalue weighted by atomic mass is 14.9. The lowest BCUT2D eigenvalue weighted by Crippen LogP contribution is -2.37. The Balaban J connectivity index is 1.91. The Hall–Kier alpha value is -0.980. The summed E-state index contributed by atoms with van der Waals surface area (Å²) in [7, 11) is 0. The van der Waals surface area contributed by atoms with Gasteiger partial charge in [-0.2, -0.15) is 0 Å². The van der Waals surface area contributed by atoms with Gasteiger partial charge in [0.2, 0.25) is 0 Å². The molecule has 0 amide bonds. The van der Waals surface area contributed by atoms with E-state index < -0.39 is 0 Å². The van der Waals surface area contributed by atoms with Gasteiger partial charge in [0, 0.05) is 18.2 Å². The molecule has 2 aliphatic carbocycles. The van der Waals surface area contributed by atoms with Gasteiger partial charge in [-0.1, -0.05) is 30.4 Å². The van der Waals surface area contributed by atoms with Crippen LogP contribution >= 0.6 is 0 Å². The molecule has 1 saturated heterocycles. The van der Waals surface area contributed by atoms with E-state index in [1.807, 2.05) is 0 Å². The molecule has 74 valence electrons. The third-order valence-electron chi connectivity index (χ3n) is 3.79. The summed E-state index contributed by atoms with van der Waals surface area (Å²) in [6.45, 7) is 1.18. The van der Waals surface area contributed by atoms with Crippen LogP contribution in [-0.4, -0.2) is 6.54 Å². The second-order valence-corrected chi connectivity index (χ2v) is 4.58. The molecule has 3 unspecified atom stereocenters. The van der Waals surface area contributed by atoms with Crippen LogP contribution < -0.4 is 5.32 Å². The summed E-state index contributed by atoms with van der Waals surface area (Å²) in [6, 6.07) is 0. The number of nitrogens with one attached hydrogen (secondary N) is 1. The molecule has 1 fully saturated rings. The summed E-state index contributed by atoms with van der Waals surface area (Å²) in [4.78, 5) is 0. The molecule has 1 nitrogen and oxygen atoms in total. The van der Waals surface area contributed by atoms with Crippen LogP contribution in [0.25, 0.3) is 0 Å². The van der Waals surface area contributed by atoms with E-state index in [0.717, 1.165) is 17.8 Å². The Morgan fingerprint density at radius 1 is 1.21 bits per heavy atom. The van der Waals surface area contributed by atoms with E-state index >= 15 is 0 Å². The van der Waals surface area contributed by atoms with E-state index in [4.69, 9.17) is 0 Å². The summed E-state index contributed by atoms with van der Waals surface area (Å²) >= 11 is 0. The largest absolute Gasteiger partial charge is 0.388 e. The zero-order chi connectivity index (χ0) is 9.38. The standard InChI is InChI=1S/C13H17N/c1-2-5-11-10(4-1)7-8-13-12(11)6-3-9-14-13/h1-2,4-5,8,10-12,14H,3,6-7,9H2. The first-order valence-corrected chi connectivity index (χ1v) is 5.74. The number of fused-ring (bicyclic) bond motifs is 3. The molecule has 1 aliphatic heterocycles. The average Bonchev–Trinajstić information content (AvgIpc) is 2.29. The van der Waals surface area contributed by atoms with Gasteiger partial charge in [-0.3, -0.25) is 0 Å². The molecular weight excluding hydrogens is 170 g/mol. The monoisotopic (exact) mass is 187 g/mol. The molecule has 0 aromatic heterocycles. The maximum Gasteiger partial charge on any atom is 0.0144 e. The molecule has 14 heavy (non-hydrogen) atoms. The van der Waals surface area contributed by atoms with Crippen molar-refractivity contribution in [3.05, 3.63) is 36.1 Å². The second-order valence-electron chi connectivity index (χ2n) is 4.58. The van der Waals surface area contributed by atoms with Gasteiger partial charge in [-0.05, 0) is 31.1 Å². The number of allylic oxidation sites excluding steroid dienone is 6. The molecule has 3 aliphatic rings. The highest BCUT2D eigenvalue weighted by molar-refractivity contribution is 5.24. The lowest BCUT2D eigenvalue weighted by atomic mass is 9.69. The lowest BCUT2D eigenvalue weighted by Gasteiger charge is -2.39. The van der Waals surface area contributed by atoms with E-state index in [1.54, 1.807) is 0 Å². The highest BCUT2D eigenvalue weighted by Crippen LogP contribution is 2.41. The normalized spacial score (nSPS) is 39.4. The third-order valence-corrected chi connectivity index (χ3v) is 3.79. The fraction of sp³-hybridized carbons (Fsp3) is 0.538. The molecule has 0 aromatic rings. The van der Waals surface area contributed by atoms with Crippen molar-refractivity contribution in [2.45, 2.75) is 19.3 Å². The van der Waals surface area contributed by atoms with Gasteiger partial charge in [0.05, 0.1) is 0 Å². The summed E-state index contributed by atoms with van der Waals surface area (Å²) in [5, 5.41) is 3.56. The fourth-order valence-electron chi connectivity index (χ4n) is 3.07. The lowest BCUT2D eigenvalue weighted by molar-refractivity contribution is 0.278. The van der Waals surface area contributed by atoms with Crippen molar-refractivity contribution in [1.82, 2.24) is 5.32 Å². The van der Waals surface area contributed by atoms with Crippen molar-refractivity contribution in [2.24, 2.45) is 17.8 Å². The predicted molar refractivity (Wildman–Crippen MR) is 58.7 cm³/mol. The third kappa shape index (κ3) is 1.23. The van der Waals surface area contributed by atoms with Crippen molar-refractivity contribution in [2.75, 3.05) is 6.54 Å². The average molecular weight is 187 g/mol. The molecule has 0 saturated carbocycles. The van der Waals surface area contributed by atoms with Crippen molar-refractivity contribution in [3.63, 3.8) is 0 Å². The van der Waals surface area contributed by atoms with Crippen LogP contribution in [-0.2, 0) is 0 Å². The first-order valence-electron chi connectivity index (χ1n) is 5.74. The Kier molecular flexibility index (Phi) is 1.97. The van der Waals surface area contributed by atoms with Gasteiger partial charge in [-0.25, -0.2) is 0 Å². The zero-order valence-electron chi connectivity index (χ0n) is 8.45. The number of hydrogen-bond acceptors (Lipinski definition) is 1. The Morgan fingerprint density at radius 2 is 2.14 bits per heavy atom. The van der Waals surface area contributed by atoms with Gasteiger partial charge in [0.1, 0.15) is 0 Å². The van der Waals surface area contributed by atoms with Gasteiger partial charge in [-0.15, -0.1) is 0 Å². The highest BCUT2D eigenvalue weighted by Gasteiger charge is 2.33. The molecule has 0 bridgehead atoms. The number of rotatable bonds is 0. The maximum atomic E-state index is 3.56. The van der Waals surface area contributed by atoms with Crippen LogP contribution in [0.1, 0.15) is 19.3 Å². The minimum atomic E-state index is 0.771. The molecule has 1 N–H and O–H groups in total. The maximum absolute atomic E-state index is 3.56. The smallest absolute Gasteiger partial charge is 0.0144 e. The molecule has 0 aromatic carbocycles. The molecule has 1 heterocycles. The van der Waals surface area contributed by atoms with E-state index in [2.05, 4.69) is 35.7 Å². The van der Waals surface area contributed by atoms with E-state index in [1.165, 1.54) is 31.5 Å². The van der Waals surface area contributed by atoms with Crippen molar-refractivity contribution in [3.8, 4) is 0 Å². The molecule has 1 heteroatoms. The van der Waals surface area contributed by atoms with Gasteiger partial charge >= 0.3 is 0 Å². The minimum absolute atomic E-state index is 0.771.